The summed E-state index contributed by atoms with van der Waals surface area (Å²) in [5, 5.41) is 1.89. The molecule has 0 fully saturated rings. The summed E-state index contributed by atoms with van der Waals surface area (Å²) in [4.78, 5) is 20.2. The first-order valence-electron chi connectivity index (χ1n) is 7.42. The zero-order valence-corrected chi connectivity index (χ0v) is 14.0. The molecule has 0 aliphatic rings. The van der Waals surface area contributed by atoms with E-state index in [2.05, 4.69) is 4.98 Å². The Morgan fingerprint density at radius 3 is 2.58 bits per heavy atom. The molecule has 0 aliphatic heterocycles. The van der Waals surface area contributed by atoms with Crippen LogP contribution in [0.1, 0.15) is 0 Å². The molecule has 0 saturated heterocycles. The average molecular weight is 339 g/mol. The number of anilines is 1. The van der Waals surface area contributed by atoms with Crippen molar-refractivity contribution >= 4 is 37.3 Å². The fourth-order valence-electron chi connectivity index (χ4n) is 2.85. The number of pyridine rings is 2. The molecule has 6 heteroatoms. The minimum atomic E-state index is -0.324. The lowest BCUT2D eigenvalue weighted by molar-refractivity contribution is 0.627. The van der Waals surface area contributed by atoms with E-state index in [-0.39, 0.29) is 11.4 Å². The Bertz CT molecular complexity index is 1110. The van der Waals surface area contributed by atoms with Crippen LogP contribution >= 0.6 is 11.3 Å². The molecule has 0 spiro atoms. The summed E-state index contributed by atoms with van der Waals surface area (Å²) >= 11 is 1.39. The molecule has 0 saturated carbocycles. The Labute approximate surface area is 141 Å². The number of fused-ring (bicyclic) bond motifs is 3. The maximum atomic E-state index is 13.1. The largest absolute Gasteiger partial charge is 0.377 e. The van der Waals surface area contributed by atoms with E-state index in [4.69, 9.17) is 0 Å². The first-order chi connectivity index (χ1) is 11.6. The van der Waals surface area contributed by atoms with E-state index in [0.717, 1.165) is 21.3 Å². The quantitative estimate of drug-likeness (QED) is 0.557. The predicted molar refractivity (Wildman–Crippen MR) is 97.0 cm³/mol. The van der Waals surface area contributed by atoms with Gasteiger partial charge in [-0.05, 0) is 36.4 Å². The Hall–Kier alpha value is -2.73. The predicted octanol–water partition coefficient (Wildman–Crippen LogP) is 3.81. The minimum Gasteiger partial charge on any atom is -0.377 e. The van der Waals surface area contributed by atoms with E-state index >= 15 is 0 Å². The van der Waals surface area contributed by atoms with Crippen molar-refractivity contribution in [1.82, 2.24) is 9.55 Å². The van der Waals surface area contributed by atoms with Crippen LogP contribution in [0.15, 0.2) is 53.6 Å². The van der Waals surface area contributed by atoms with Crippen LogP contribution in [-0.2, 0) is 0 Å². The van der Waals surface area contributed by atoms with E-state index in [0.29, 0.717) is 10.4 Å². The van der Waals surface area contributed by atoms with Gasteiger partial charge in [-0.25, -0.2) is 9.37 Å². The standard InChI is InChI=1S/C18H14FN3OS/c1-21(2)14-7-9-20-17-15(14)13-8-10-22(18(23)16(13)24-17)12-5-3-11(19)4-6-12/h3-10H,1-2H3. The highest BCUT2D eigenvalue weighted by molar-refractivity contribution is 7.25. The Kier molecular flexibility index (Phi) is 3.35. The summed E-state index contributed by atoms with van der Waals surface area (Å²) in [5.41, 5.74) is 1.55. The van der Waals surface area contributed by atoms with Crippen molar-refractivity contribution in [3.05, 3.63) is 65.0 Å². The van der Waals surface area contributed by atoms with Gasteiger partial charge < -0.3 is 4.90 Å². The fourth-order valence-corrected chi connectivity index (χ4v) is 3.94. The van der Waals surface area contributed by atoms with Crippen molar-refractivity contribution in [2.75, 3.05) is 19.0 Å². The monoisotopic (exact) mass is 339 g/mol. The van der Waals surface area contributed by atoms with Crippen LogP contribution in [0, 0.1) is 5.82 Å². The molecule has 4 nitrogen and oxygen atoms in total. The Morgan fingerprint density at radius 2 is 1.88 bits per heavy atom. The van der Waals surface area contributed by atoms with Gasteiger partial charge in [-0.1, -0.05) is 0 Å². The maximum absolute atomic E-state index is 13.1. The normalized spacial score (nSPS) is 11.3. The molecule has 0 radical (unpaired) electrons. The van der Waals surface area contributed by atoms with Crippen molar-refractivity contribution in [2.24, 2.45) is 0 Å². The number of hydrogen-bond donors (Lipinski definition) is 0. The molecule has 4 rings (SSSR count). The van der Waals surface area contributed by atoms with Gasteiger partial charge in [0.25, 0.3) is 5.56 Å². The number of thiophene rings is 1. The number of hydrogen-bond acceptors (Lipinski definition) is 4. The van der Waals surface area contributed by atoms with Crippen molar-refractivity contribution < 1.29 is 4.39 Å². The number of benzene rings is 1. The van der Waals surface area contributed by atoms with Gasteiger partial charge in [0.15, 0.2) is 0 Å². The lowest BCUT2D eigenvalue weighted by atomic mass is 10.2. The first-order valence-corrected chi connectivity index (χ1v) is 8.24. The van der Waals surface area contributed by atoms with Crippen molar-refractivity contribution in [2.45, 2.75) is 0 Å². The zero-order valence-electron chi connectivity index (χ0n) is 13.2. The molecule has 0 atom stereocenters. The summed E-state index contributed by atoms with van der Waals surface area (Å²) in [6.45, 7) is 0. The molecule has 3 heterocycles. The Balaban J connectivity index is 2.04. The molecule has 120 valence electrons. The van der Waals surface area contributed by atoms with Crippen LogP contribution in [0.25, 0.3) is 26.0 Å². The highest BCUT2D eigenvalue weighted by Crippen LogP contribution is 2.36. The second kappa shape index (κ2) is 5.42. The molecular weight excluding hydrogens is 325 g/mol. The van der Waals surface area contributed by atoms with E-state index in [1.165, 1.54) is 28.0 Å². The molecule has 0 amide bonds. The van der Waals surface area contributed by atoms with Crippen LogP contribution in [0.3, 0.4) is 0 Å². The SMILES string of the molecule is CN(C)c1ccnc2sc3c(=O)n(-c4ccc(F)cc4)ccc3c12. The van der Waals surface area contributed by atoms with Crippen LogP contribution in [0.4, 0.5) is 10.1 Å². The topological polar surface area (TPSA) is 38.1 Å². The summed E-state index contributed by atoms with van der Waals surface area (Å²) in [5.74, 6) is -0.324. The molecule has 0 N–H and O–H groups in total. The average Bonchev–Trinajstić information content (AvgIpc) is 2.96. The first kappa shape index (κ1) is 14.8. The van der Waals surface area contributed by atoms with Crippen LogP contribution < -0.4 is 10.5 Å². The smallest absolute Gasteiger partial charge is 0.273 e. The lowest BCUT2D eigenvalue weighted by Crippen LogP contribution is -2.16. The number of nitrogens with zero attached hydrogens (tertiary/aromatic N) is 3. The van der Waals surface area contributed by atoms with Crippen LogP contribution in [0.2, 0.25) is 0 Å². The molecule has 0 unspecified atom stereocenters. The van der Waals surface area contributed by atoms with E-state index < -0.39 is 0 Å². The number of halogens is 1. The lowest BCUT2D eigenvalue weighted by Gasteiger charge is -2.13. The molecule has 4 aromatic rings. The van der Waals surface area contributed by atoms with Gasteiger partial charge >= 0.3 is 0 Å². The van der Waals surface area contributed by atoms with E-state index in [1.54, 1.807) is 24.5 Å². The Morgan fingerprint density at radius 1 is 1.12 bits per heavy atom. The molecule has 0 aliphatic carbocycles. The highest BCUT2D eigenvalue weighted by atomic mass is 32.1. The summed E-state index contributed by atoms with van der Waals surface area (Å²) in [6, 6.07) is 9.76. The molecule has 24 heavy (non-hydrogen) atoms. The maximum Gasteiger partial charge on any atom is 0.273 e. The minimum absolute atomic E-state index is 0.119. The van der Waals surface area contributed by atoms with Gasteiger partial charge in [0.1, 0.15) is 15.3 Å². The second-order valence-electron chi connectivity index (χ2n) is 5.72. The number of aromatic nitrogens is 2. The summed E-state index contributed by atoms with van der Waals surface area (Å²) in [7, 11) is 3.94. The fraction of sp³-hybridized carbons (Fsp3) is 0.111. The third-order valence-corrected chi connectivity index (χ3v) is 5.10. The van der Waals surface area contributed by atoms with Crippen LogP contribution in [0.5, 0.6) is 0 Å². The summed E-state index contributed by atoms with van der Waals surface area (Å²) in [6.07, 6.45) is 3.49. The molecule has 0 bridgehead atoms. The second-order valence-corrected chi connectivity index (χ2v) is 6.72. The van der Waals surface area contributed by atoms with Crippen molar-refractivity contribution in [3.63, 3.8) is 0 Å². The van der Waals surface area contributed by atoms with E-state index in [9.17, 15) is 9.18 Å². The van der Waals surface area contributed by atoms with Crippen molar-refractivity contribution in [3.8, 4) is 5.69 Å². The number of rotatable bonds is 2. The highest BCUT2D eigenvalue weighted by Gasteiger charge is 2.15. The van der Waals surface area contributed by atoms with Gasteiger partial charge in [0.05, 0.1) is 0 Å². The van der Waals surface area contributed by atoms with Gasteiger partial charge in [-0.3, -0.25) is 9.36 Å². The van der Waals surface area contributed by atoms with Gasteiger partial charge in [0.2, 0.25) is 0 Å². The van der Waals surface area contributed by atoms with Gasteiger partial charge in [-0.15, -0.1) is 11.3 Å². The zero-order chi connectivity index (χ0) is 16.8. The molecule has 3 aromatic heterocycles. The van der Waals surface area contributed by atoms with Crippen LogP contribution in [-0.4, -0.2) is 23.6 Å². The van der Waals surface area contributed by atoms with Crippen molar-refractivity contribution in [1.29, 1.82) is 0 Å². The van der Waals surface area contributed by atoms with Gasteiger partial charge in [-0.2, -0.15) is 0 Å². The third kappa shape index (κ3) is 2.18. The molecular formula is C18H14FN3OS. The van der Waals surface area contributed by atoms with Gasteiger partial charge in [0, 0.05) is 48.6 Å². The summed E-state index contributed by atoms with van der Waals surface area (Å²) < 4.78 is 15.3. The third-order valence-electron chi connectivity index (χ3n) is 4.00. The molecule has 1 aromatic carbocycles. The van der Waals surface area contributed by atoms with E-state index in [1.807, 2.05) is 31.1 Å².